The van der Waals surface area contributed by atoms with Crippen molar-refractivity contribution in [1.29, 1.82) is 0 Å². The van der Waals surface area contributed by atoms with E-state index in [-0.39, 0.29) is 17.9 Å². The van der Waals surface area contributed by atoms with Gasteiger partial charge in [0, 0.05) is 31.1 Å². The monoisotopic (exact) mass is 273 g/mol. The van der Waals surface area contributed by atoms with E-state index in [2.05, 4.69) is 15.5 Å². The number of nitrogens with zero attached hydrogens (tertiary/aromatic N) is 3. The lowest BCUT2D eigenvalue weighted by atomic mass is 10.1. The Kier molecular flexibility index (Phi) is 3.64. The molecule has 1 aliphatic carbocycles. The molecule has 0 saturated heterocycles. The molecular formula is C14H19N5O. The van der Waals surface area contributed by atoms with Gasteiger partial charge in [0.1, 0.15) is 5.82 Å². The van der Waals surface area contributed by atoms with Crippen LogP contribution in [-0.4, -0.2) is 33.1 Å². The third-order valence-electron chi connectivity index (χ3n) is 3.88. The Labute approximate surface area is 117 Å². The van der Waals surface area contributed by atoms with Crippen LogP contribution in [0.2, 0.25) is 0 Å². The predicted octanol–water partition coefficient (Wildman–Crippen LogP) is 0.515. The van der Waals surface area contributed by atoms with E-state index in [9.17, 15) is 4.79 Å². The maximum Gasteiger partial charge on any atom is 0.223 e. The molecule has 3 N–H and O–H groups in total. The molecule has 3 rings (SSSR count). The van der Waals surface area contributed by atoms with E-state index in [0.717, 1.165) is 30.7 Å². The van der Waals surface area contributed by atoms with Crippen molar-refractivity contribution in [2.75, 3.05) is 6.54 Å². The first-order valence-corrected chi connectivity index (χ1v) is 7.06. The smallest absolute Gasteiger partial charge is 0.223 e. The van der Waals surface area contributed by atoms with E-state index in [4.69, 9.17) is 5.73 Å². The Hall–Kier alpha value is -1.95. The SMILES string of the molecule is NC1CCC(C(=O)NCCc2nnc3ccccn23)C1. The molecule has 106 valence electrons. The van der Waals surface area contributed by atoms with Crippen LogP contribution in [0.1, 0.15) is 25.1 Å². The normalized spacial score (nSPS) is 22.2. The fourth-order valence-electron chi connectivity index (χ4n) is 2.76. The molecule has 2 unspecified atom stereocenters. The van der Waals surface area contributed by atoms with Gasteiger partial charge in [0.05, 0.1) is 0 Å². The zero-order chi connectivity index (χ0) is 13.9. The lowest BCUT2D eigenvalue weighted by Crippen LogP contribution is -2.32. The molecule has 2 atom stereocenters. The van der Waals surface area contributed by atoms with Crippen LogP contribution >= 0.6 is 0 Å². The first kappa shape index (κ1) is 13.1. The summed E-state index contributed by atoms with van der Waals surface area (Å²) in [6.07, 6.45) is 5.27. The highest BCUT2D eigenvalue weighted by Gasteiger charge is 2.27. The zero-order valence-corrected chi connectivity index (χ0v) is 11.3. The van der Waals surface area contributed by atoms with Gasteiger partial charge in [-0.25, -0.2) is 0 Å². The topological polar surface area (TPSA) is 85.3 Å². The van der Waals surface area contributed by atoms with Crippen molar-refractivity contribution in [3.63, 3.8) is 0 Å². The summed E-state index contributed by atoms with van der Waals surface area (Å²) in [5.74, 6) is 1.07. The van der Waals surface area contributed by atoms with Gasteiger partial charge >= 0.3 is 0 Å². The summed E-state index contributed by atoms with van der Waals surface area (Å²) in [6.45, 7) is 0.584. The van der Waals surface area contributed by atoms with Crippen molar-refractivity contribution in [1.82, 2.24) is 19.9 Å². The van der Waals surface area contributed by atoms with Gasteiger partial charge in [0.15, 0.2) is 5.65 Å². The van der Waals surface area contributed by atoms with Gasteiger partial charge in [-0.2, -0.15) is 0 Å². The van der Waals surface area contributed by atoms with Crippen molar-refractivity contribution >= 4 is 11.6 Å². The third-order valence-corrected chi connectivity index (χ3v) is 3.88. The first-order chi connectivity index (χ1) is 9.74. The molecule has 20 heavy (non-hydrogen) atoms. The van der Waals surface area contributed by atoms with Gasteiger partial charge in [-0.15, -0.1) is 10.2 Å². The number of pyridine rings is 1. The van der Waals surface area contributed by atoms with Crippen LogP contribution in [0.4, 0.5) is 0 Å². The van der Waals surface area contributed by atoms with Gasteiger partial charge in [0.2, 0.25) is 5.91 Å². The lowest BCUT2D eigenvalue weighted by Gasteiger charge is -2.10. The molecular weight excluding hydrogens is 254 g/mol. The molecule has 6 heteroatoms. The predicted molar refractivity (Wildman–Crippen MR) is 75.0 cm³/mol. The van der Waals surface area contributed by atoms with Crippen LogP contribution in [0.3, 0.4) is 0 Å². The number of carbonyl (C=O) groups is 1. The van der Waals surface area contributed by atoms with Crippen molar-refractivity contribution < 1.29 is 4.79 Å². The van der Waals surface area contributed by atoms with Gasteiger partial charge in [-0.1, -0.05) is 6.07 Å². The molecule has 0 bridgehead atoms. The Morgan fingerprint density at radius 2 is 2.30 bits per heavy atom. The fourth-order valence-corrected chi connectivity index (χ4v) is 2.76. The minimum Gasteiger partial charge on any atom is -0.355 e. The summed E-state index contributed by atoms with van der Waals surface area (Å²) in [4.78, 5) is 12.0. The maximum absolute atomic E-state index is 12.0. The Morgan fingerprint density at radius 1 is 1.40 bits per heavy atom. The average Bonchev–Trinajstić information content (AvgIpc) is 3.06. The van der Waals surface area contributed by atoms with Gasteiger partial charge < -0.3 is 11.1 Å². The van der Waals surface area contributed by atoms with Gasteiger partial charge in [-0.05, 0) is 31.4 Å². The Bertz CT molecular complexity index is 608. The molecule has 0 aliphatic heterocycles. The molecule has 6 nitrogen and oxygen atoms in total. The number of rotatable bonds is 4. The minimum absolute atomic E-state index is 0.0835. The summed E-state index contributed by atoms with van der Waals surface area (Å²) in [7, 11) is 0. The molecule has 1 fully saturated rings. The average molecular weight is 273 g/mol. The van der Waals surface area contributed by atoms with Crippen molar-refractivity contribution in [3.8, 4) is 0 Å². The molecule has 2 aromatic heterocycles. The second-order valence-corrected chi connectivity index (χ2v) is 5.36. The number of hydrogen-bond donors (Lipinski definition) is 2. The van der Waals surface area contributed by atoms with Crippen LogP contribution in [0, 0.1) is 5.92 Å². The van der Waals surface area contributed by atoms with Crippen molar-refractivity contribution in [2.45, 2.75) is 31.7 Å². The molecule has 2 heterocycles. The molecule has 2 aromatic rings. The number of aromatic nitrogens is 3. The molecule has 0 radical (unpaired) electrons. The summed E-state index contributed by atoms with van der Waals surface area (Å²) in [5.41, 5.74) is 6.66. The molecule has 0 aromatic carbocycles. The number of carbonyl (C=O) groups excluding carboxylic acids is 1. The highest BCUT2D eigenvalue weighted by molar-refractivity contribution is 5.78. The zero-order valence-electron chi connectivity index (χ0n) is 11.3. The van der Waals surface area contributed by atoms with E-state index in [1.54, 1.807) is 0 Å². The Balaban J connectivity index is 1.54. The van der Waals surface area contributed by atoms with Crippen molar-refractivity contribution in [3.05, 3.63) is 30.2 Å². The van der Waals surface area contributed by atoms with E-state index in [1.165, 1.54) is 0 Å². The van der Waals surface area contributed by atoms with Crippen LogP contribution < -0.4 is 11.1 Å². The minimum atomic E-state index is 0.0835. The number of hydrogen-bond acceptors (Lipinski definition) is 4. The second kappa shape index (κ2) is 5.58. The number of nitrogens with one attached hydrogen (secondary N) is 1. The summed E-state index contributed by atoms with van der Waals surface area (Å²) in [5, 5.41) is 11.2. The van der Waals surface area contributed by atoms with Gasteiger partial charge in [-0.3, -0.25) is 9.20 Å². The number of fused-ring (bicyclic) bond motifs is 1. The molecule has 1 saturated carbocycles. The standard InChI is InChI=1S/C14H19N5O/c15-11-5-4-10(9-11)14(20)16-7-6-13-18-17-12-3-1-2-8-19(12)13/h1-3,8,10-11H,4-7,9,15H2,(H,16,20). The highest BCUT2D eigenvalue weighted by atomic mass is 16.1. The lowest BCUT2D eigenvalue weighted by molar-refractivity contribution is -0.124. The fraction of sp³-hybridized carbons (Fsp3) is 0.500. The number of nitrogens with two attached hydrogens (primary N) is 1. The largest absolute Gasteiger partial charge is 0.355 e. The Morgan fingerprint density at radius 3 is 3.10 bits per heavy atom. The second-order valence-electron chi connectivity index (χ2n) is 5.36. The van der Waals surface area contributed by atoms with E-state index >= 15 is 0 Å². The molecule has 1 aliphatic rings. The molecule has 0 spiro atoms. The molecule has 1 amide bonds. The first-order valence-electron chi connectivity index (χ1n) is 7.06. The summed E-state index contributed by atoms with van der Waals surface area (Å²) < 4.78 is 1.94. The van der Waals surface area contributed by atoms with E-state index in [0.29, 0.717) is 13.0 Å². The van der Waals surface area contributed by atoms with Crippen LogP contribution in [0.25, 0.3) is 5.65 Å². The summed E-state index contributed by atoms with van der Waals surface area (Å²) >= 11 is 0. The third kappa shape index (κ3) is 2.65. The van der Waals surface area contributed by atoms with Crippen molar-refractivity contribution in [2.24, 2.45) is 11.7 Å². The van der Waals surface area contributed by atoms with Gasteiger partial charge in [0.25, 0.3) is 0 Å². The summed E-state index contributed by atoms with van der Waals surface area (Å²) in [6, 6.07) is 5.97. The van der Waals surface area contributed by atoms with Crippen LogP contribution in [0.15, 0.2) is 24.4 Å². The maximum atomic E-state index is 12.0. The highest BCUT2D eigenvalue weighted by Crippen LogP contribution is 2.23. The van der Waals surface area contributed by atoms with Crippen LogP contribution in [-0.2, 0) is 11.2 Å². The number of amides is 1. The van der Waals surface area contributed by atoms with E-state index in [1.807, 2.05) is 28.8 Å². The van der Waals surface area contributed by atoms with Crippen LogP contribution in [0.5, 0.6) is 0 Å². The van der Waals surface area contributed by atoms with E-state index < -0.39 is 0 Å². The quantitative estimate of drug-likeness (QED) is 0.850.